The normalized spacial score (nSPS) is 12.2. The third-order valence-electron chi connectivity index (χ3n) is 3.40. The minimum Gasteiger partial charge on any atom is -0.284 e. The Labute approximate surface area is 115 Å². The van der Waals surface area contributed by atoms with Gasteiger partial charge in [-0.1, -0.05) is 44.2 Å². The summed E-state index contributed by atoms with van der Waals surface area (Å²) >= 11 is 0. The first kappa shape index (κ1) is 14.6. The number of hydrogen-bond donors (Lipinski definition) is 0. The van der Waals surface area contributed by atoms with Gasteiger partial charge >= 0.3 is 6.18 Å². The van der Waals surface area contributed by atoms with Crippen LogP contribution in [0.5, 0.6) is 0 Å². The van der Waals surface area contributed by atoms with Gasteiger partial charge < -0.3 is 0 Å². The SMILES string of the molecule is Cc1cc2ccc(C(C)C)ccc-2c1C(=O)C(F)(F)F. The Balaban J connectivity index is 2.64. The van der Waals surface area contributed by atoms with Crippen molar-refractivity contribution in [3.63, 3.8) is 0 Å². The van der Waals surface area contributed by atoms with Crippen LogP contribution in [0.15, 0.2) is 30.3 Å². The molecule has 0 amide bonds. The molecule has 0 bridgehead atoms. The number of alkyl halides is 3. The molecule has 2 aliphatic carbocycles. The van der Waals surface area contributed by atoms with Crippen molar-refractivity contribution in [1.82, 2.24) is 0 Å². The van der Waals surface area contributed by atoms with Crippen LogP contribution in [0, 0.1) is 6.92 Å². The lowest BCUT2D eigenvalue weighted by Crippen LogP contribution is -2.23. The average Bonchev–Trinajstić information content (AvgIpc) is 2.50. The highest BCUT2D eigenvalue weighted by atomic mass is 19.4. The molecule has 0 N–H and O–H groups in total. The van der Waals surface area contributed by atoms with Crippen LogP contribution >= 0.6 is 0 Å². The maximum atomic E-state index is 12.7. The van der Waals surface area contributed by atoms with E-state index in [0.29, 0.717) is 16.7 Å². The molecule has 106 valence electrons. The molecular formula is C16H15F3O. The molecule has 0 atom stereocenters. The predicted molar refractivity (Wildman–Crippen MR) is 72.3 cm³/mol. The molecular weight excluding hydrogens is 265 g/mol. The predicted octanol–water partition coefficient (Wildman–Crippen LogP) is 4.97. The van der Waals surface area contributed by atoms with Gasteiger partial charge in [-0.2, -0.15) is 13.2 Å². The van der Waals surface area contributed by atoms with Crippen molar-refractivity contribution in [1.29, 1.82) is 0 Å². The second-order valence-electron chi connectivity index (χ2n) is 5.22. The molecule has 0 heterocycles. The van der Waals surface area contributed by atoms with Crippen molar-refractivity contribution >= 4 is 5.78 Å². The van der Waals surface area contributed by atoms with Crippen LogP contribution in [-0.4, -0.2) is 12.0 Å². The first-order valence-corrected chi connectivity index (χ1v) is 6.36. The number of hydrogen-bond acceptors (Lipinski definition) is 1. The third kappa shape index (κ3) is 2.55. The molecule has 2 aliphatic rings. The molecule has 0 unspecified atom stereocenters. The summed E-state index contributed by atoms with van der Waals surface area (Å²) < 4.78 is 38.0. The van der Waals surface area contributed by atoms with Gasteiger partial charge in [0.2, 0.25) is 0 Å². The second-order valence-corrected chi connectivity index (χ2v) is 5.22. The molecule has 0 saturated heterocycles. The standard InChI is InChI=1S/C16H15F3O/c1-9(2)11-4-5-12-8-10(3)14(13(12)7-6-11)15(20)16(17,18)19/h4-9H,1-3H3. The summed E-state index contributed by atoms with van der Waals surface area (Å²) in [4.78, 5) is 11.6. The Kier molecular flexibility index (Phi) is 3.59. The zero-order valence-electron chi connectivity index (χ0n) is 11.5. The van der Waals surface area contributed by atoms with E-state index in [4.69, 9.17) is 0 Å². The molecule has 0 aromatic carbocycles. The van der Waals surface area contributed by atoms with Crippen molar-refractivity contribution in [2.24, 2.45) is 0 Å². The quantitative estimate of drug-likeness (QED) is 0.710. The monoisotopic (exact) mass is 280 g/mol. The maximum absolute atomic E-state index is 12.7. The number of ketones is 1. The summed E-state index contributed by atoms with van der Waals surface area (Å²) in [6.45, 7) is 5.54. The number of Topliss-reactive ketones (excluding diaryl/α,β-unsaturated/α-hetero) is 1. The van der Waals surface area contributed by atoms with Crippen LogP contribution in [0.4, 0.5) is 13.2 Å². The summed E-state index contributed by atoms with van der Waals surface area (Å²) in [6, 6.07) is 8.66. The minimum absolute atomic E-state index is 0.238. The molecule has 4 heteroatoms. The minimum atomic E-state index is -4.85. The van der Waals surface area contributed by atoms with E-state index in [0.717, 1.165) is 5.56 Å². The second kappa shape index (κ2) is 4.93. The maximum Gasteiger partial charge on any atom is 0.454 e. The Morgan fingerprint density at radius 3 is 2.25 bits per heavy atom. The molecule has 20 heavy (non-hydrogen) atoms. The van der Waals surface area contributed by atoms with Crippen molar-refractivity contribution < 1.29 is 18.0 Å². The Hall–Kier alpha value is -1.84. The largest absolute Gasteiger partial charge is 0.454 e. The van der Waals surface area contributed by atoms with Crippen molar-refractivity contribution in [3.8, 4) is 11.1 Å². The highest BCUT2D eigenvalue weighted by Crippen LogP contribution is 2.35. The summed E-state index contributed by atoms with van der Waals surface area (Å²) in [5, 5.41) is 0. The first-order valence-electron chi connectivity index (χ1n) is 6.36. The number of halogens is 3. The number of carbonyl (C=O) groups excluding carboxylic acids is 1. The van der Waals surface area contributed by atoms with Gasteiger partial charge in [-0.25, -0.2) is 0 Å². The summed E-state index contributed by atoms with van der Waals surface area (Å²) in [7, 11) is 0. The molecule has 2 rings (SSSR count). The molecule has 0 aromatic heterocycles. The smallest absolute Gasteiger partial charge is 0.284 e. The number of carbonyl (C=O) groups is 1. The Morgan fingerprint density at radius 2 is 1.70 bits per heavy atom. The van der Waals surface area contributed by atoms with E-state index in [2.05, 4.69) is 0 Å². The van der Waals surface area contributed by atoms with Crippen LogP contribution in [0.25, 0.3) is 11.1 Å². The van der Waals surface area contributed by atoms with Gasteiger partial charge in [0, 0.05) is 5.56 Å². The van der Waals surface area contributed by atoms with Gasteiger partial charge in [-0.05, 0) is 35.1 Å². The Morgan fingerprint density at radius 1 is 1.10 bits per heavy atom. The number of aryl methyl sites for hydroxylation is 1. The van der Waals surface area contributed by atoms with Gasteiger partial charge in [0.1, 0.15) is 0 Å². The third-order valence-corrected chi connectivity index (χ3v) is 3.40. The van der Waals surface area contributed by atoms with E-state index in [1.807, 2.05) is 19.9 Å². The van der Waals surface area contributed by atoms with Crippen LogP contribution in [0.2, 0.25) is 0 Å². The summed E-state index contributed by atoms with van der Waals surface area (Å²) in [5.41, 5.74) is 2.15. The van der Waals surface area contributed by atoms with Crippen molar-refractivity contribution in [2.75, 3.05) is 0 Å². The van der Waals surface area contributed by atoms with E-state index in [-0.39, 0.29) is 11.5 Å². The molecule has 0 aromatic rings. The molecule has 1 nitrogen and oxygen atoms in total. The fraction of sp³-hybridized carbons (Fsp3) is 0.312. The van der Waals surface area contributed by atoms with Crippen LogP contribution in [0.3, 0.4) is 0 Å². The molecule has 0 radical (unpaired) electrons. The molecule has 0 spiro atoms. The van der Waals surface area contributed by atoms with Crippen molar-refractivity contribution in [3.05, 3.63) is 47.0 Å². The molecule has 0 fully saturated rings. The zero-order chi connectivity index (χ0) is 15.1. The lowest BCUT2D eigenvalue weighted by Gasteiger charge is -2.06. The van der Waals surface area contributed by atoms with Gasteiger partial charge in [0.05, 0.1) is 0 Å². The Bertz CT molecular complexity index is 626. The van der Waals surface area contributed by atoms with Crippen LogP contribution in [0.1, 0.15) is 41.3 Å². The fourth-order valence-electron chi connectivity index (χ4n) is 2.31. The molecule has 0 saturated carbocycles. The van der Waals surface area contributed by atoms with Crippen LogP contribution in [-0.2, 0) is 0 Å². The zero-order valence-corrected chi connectivity index (χ0v) is 11.5. The van der Waals surface area contributed by atoms with E-state index in [1.165, 1.54) is 6.92 Å². The summed E-state index contributed by atoms with van der Waals surface area (Å²) in [5.74, 6) is -1.50. The lowest BCUT2D eigenvalue weighted by atomic mass is 10.0. The number of fused-ring (bicyclic) bond motifs is 1. The van der Waals surface area contributed by atoms with Gasteiger partial charge in [0.15, 0.2) is 0 Å². The van der Waals surface area contributed by atoms with E-state index in [9.17, 15) is 18.0 Å². The van der Waals surface area contributed by atoms with Gasteiger partial charge in [0.25, 0.3) is 5.78 Å². The summed E-state index contributed by atoms with van der Waals surface area (Å²) in [6.07, 6.45) is -4.85. The van der Waals surface area contributed by atoms with Crippen LogP contribution < -0.4 is 0 Å². The highest BCUT2D eigenvalue weighted by molar-refractivity contribution is 6.08. The lowest BCUT2D eigenvalue weighted by molar-refractivity contribution is -0.0885. The fourth-order valence-corrected chi connectivity index (χ4v) is 2.31. The number of rotatable bonds is 2. The van der Waals surface area contributed by atoms with E-state index < -0.39 is 12.0 Å². The van der Waals surface area contributed by atoms with Gasteiger partial charge in [-0.3, -0.25) is 4.79 Å². The highest BCUT2D eigenvalue weighted by Gasteiger charge is 2.41. The van der Waals surface area contributed by atoms with Gasteiger partial charge in [-0.15, -0.1) is 0 Å². The topological polar surface area (TPSA) is 17.1 Å². The van der Waals surface area contributed by atoms with Crippen molar-refractivity contribution in [2.45, 2.75) is 32.9 Å². The first-order chi connectivity index (χ1) is 9.21. The average molecular weight is 280 g/mol. The van der Waals surface area contributed by atoms with E-state index in [1.54, 1.807) is 24.3 Å². The van der Waals surface area contributed by atoms with E-state index >= 15 is 0 Å². The molecule has 0 aliphatic heterocycles.